The lowest BCUT2D eigenvalue weighted by atomic mass is 9.87. The zero-order valence-electron chi connectivity index (χ0n) is 40.7. The molecule has 8 rings (SSSR count). The lowest BCUT2D eigenvalue weighted by Gasteiger charge is -2.36. The summed E-state index contributed by atoms with van der Waals surface area (Å²) in [6, 6.07) is -1.63. The van der Waals surface area contributed by atoms with E-state index in [1.54, 1.807) is 0 Å². The average Bonchev–Trinajstić information content (AvgIpc) is 0.778. The second kappa shape index (κ2) is 21.7. The maximum atomic E-state index is 16.3. The molecule has 456 valence electrons. The normalized spacial score (nSPS) is 13.9. The van der Waals surface area contributed by atoms with Crippen molar-refractivity contribution in [1.82, 2.24) is 0 Å². The van der Waals surface area contributed by atoms with Crippen molar-refractivity contribution in [3.8, 4) is 22.3 Å². The summed E-state index contributed by atoms with van der Waals surface area (Å²) in [5.41, 5.74) is -32.7. The summed E-state index contributed by atoms with van der Waals surface area (Å²) in [6.45, 7) is 1.59. The number of hydrogen-bond donors (Lipinski definition) is 0. The van der Waals surface area contributed by atoms with E-state index in [0.29, 0.717) is 18.2 Å². The van der Waals surface area contributed by atoms with Gasteiger partial charge in [0.25, 0.3) is 0 Å². The average molecular weight is 1270 g/mol. The summed E-state index contributed by atoms with van der Waals surface area (Å²) in [6.07, 6.45) is -13.2. The van der Waals surface area contributed by atoms with E-state index in [1.165, 1.54) is 0 Å². The molecule has 7 aromatic rings. The van der Waals surface area contributed by atoms with Gasteiger partial charge in [0.05, 0.1) is 28.3 Å². The molecule has 0 saturated carbocycles. The molecule has 2 nitrogen and oxygen atoms in total. The summed E-state index contributed by atoms with van der Waals surface area (Å²) in [4.78, 5) is -1.84. The molecule has 0 heterocycles. The Balaban J connectivity index is 1.34. The van der Waals surface area contributed by atoms with Crippen molar-refractivity contribution in [2.24, 2.45) is 0 Å². The third-order valence-corrected chi connectivity index (χ3v) is 12.9. The van der Waals surface area contributed by atoms with Crippen LogP contribution < -0.4 is 9.80 Å². The smallest absolute Gasteiger partial charge is 0.324 e. The lowest BCUT2D eigenvalue weighted by molar-refractivity contribution is -0.144. The first-order chi connectivity index (χ1) is 39.7. The van der Waals surface area contributed by atoms with Crippen molar-refractivity contribution in [1.29, 1.82) is 0 Å². The van der Waals surface area contributed by atoms with Crippen LogP contribution in [0.5, 0.6) is 0 Å². The van der Waals surface area contributed by atoms with Gasteiger partial charge < -0.3 is 4.90 Å². The predicted octanol–water partition coefficient (Wildman–Crippen LogP) is 19.4. The van der Waals surface area contributed by atoms with Crippen molar-refractivity contribution in [2.75, 3.05) is 9.80 Å². The van der Waals surface area contributed by atoms with Gasteiger partial charge in [-0.25, -0.2) is 114 Å². The third kappa shape index (κ3) is 9.51. The first-order valence-electron chi connectivity index (χ1n) is 22.4. The molecule has 0 radical (unpaired) electrons. The molecule has 0 N–H and O–H groups in total. The minimum Gasteiger partial charge on any atom is -0.324 e. The number of rotatable bonds is 9. The molecule has 0 aromatic heterocycles. The molecule has 1 atom stereocenters. The fourth-order valence-electron chi connectivity index (χ4n) is 9.12. The molecular formula is C52H14F32N2. The fourth-order valence-corrected chi connectivity index (χ4v) is 9.12. The van der Waals surface area contributed by atoms with Gasteiger partial charge in [0.2, 0.25) is 11.6 Å². The van der Waals surface area contributed by atoms with Gasteiger partial charge in [-0.1, -0.05) is 23.8 Å². The van der Waals surface area contributed by atoms with Crippen LogP contribution in [0, 0.1) is 158 Å². The number of anilines is 5. The molecule has 0 spiro atoms. The van der Waals surface area contributed by atoms with Crippen LogP contribution in [0.15, 0.2) is 35.9 Å². The second-order valence-corrected chi connectivity index (χ2v) is 17.8. The van der Waals surface area contributed by atoms with E-state index in [9.17, 15) is 70.2 Å². The van der Waals surface area contributed by atoms with Crippen LogP contribution in [0.3, 0.4) is 0 Å². The van der Waals surface area contributed by atoms with Crippen LogP contribution in [0.2, 0.25) is 0 Å². The van der Waals surface area contributed by atoms with Crippen LogP contribution in [0.25, 0.3) is 27.8 Å². The molecule has 0 amide bonds. The summed E-state index contributed by atoms with van der Waals surface area (Å²) < 4.78 is 479. The standard InChI is InChI=1S/C52H14F32N2/c1-9-7-11(85(49-43(75)29(61)19(51(79,80)81)30(62)44(49)76)47-39(71)25(57)17(26(58)40(47)72)15-21(53)33(65)37(69)34(66)22(15)54)3-5-13(9)14-6-4-12(8-10(14)2)86(50-45(77)31(63)20(52(82,83)84)32(64)46(50)78)48-41(73)27(59)18(28(60)42(48)74)16-23(55)35(67)38(70)36(68)24(16)56/h3-7,12H,8H2,1-2H3. The van der Waals surface area contributed by atoms with Gasteiger partial charge in [0.1, 0.15) is 33.9 Å². The number of nitrogens with zero attached hydrogens (tertiary/aromatic N) is 2. The Hall–Kier alpha value is -8.62. The fraction of sp³-hybridized carbons (Fsp3) is 0.115. The lowest BCUT2D eigenvalue weighted by Crippen LogP contribution is -2.35. The Morgan fingerprint density at radius 3 is 0.895 bits per heavy atom. The van der Waals surface area contributed by atoms with Gasteiger partial charge in [-0.15, -0.1) is 0 Å². The van der Waals surface area contributed by atoms with Gasteiger partial charge >= 0.3 is 12.4 Å². The molecule has 1 aliphatic rings. The Labute approximate surface area is 454 Å². The number of allylic oxidation sites excluding steroid dienone is 2. The van der Waals surface area contributed by atoms with E-state index in [1.807, 2.05) is 0 Å². The first kappa shape index (κ1) is 63.4. The van der Waals surface area contributed by atoms with E-state index >= 15 is 70.2 Å². The summed E-state index contributed by atoms with van der Waals surface area (Å²) >= 11 is 0. The highest BCUT2D eigenvalue weighted by Crippen LogP contribution is 2.52. The monoisotopic (exact) mass is 1270 g/mol. The summed E-state index contributed by atoms with van der Waals surface area (Å²) in [5, 5.41) is 0. The Bertz CT molecular complexity index is 4000. The highest BCUT2D eigenvalue weighted by atomic mass is 19.4. The molecule has 0 saturated heterocycles. The quantitative estimate of drug-likeness (QED) is 0.0807. The van der Waals surface area contributed by atoms with Crippen molar-refractivity contribution >= 4 is 34.0 Å². The molecule has 1 aliphatic carbocycles. The largest absolute Gasteiger partial charge is 0.422 e. The van der Waals surface area contributed by atoms with E-state index in [-0.39, 0.29) is 12.1 Å². The number of halogens is 32. The van der Waals surface area contributed by atoms with Gasteiger partial charge in [-0.2, -0.15) is 26.3 Å². The zero-order chi connectivity index (χ0) is 64.6. The van der Waals surface area contributed by atoms with Gasteiger partial charge in [-0.3, -0.25) is 4.90 Å². The van der Waals surface area contributed by atoms with Crippen LogP contribution in [-0.4, -0.2) is 6.04 Å². The van der Waals surface area contributed by atoms with E-state index in [4.69, 9.17) is 0 Å². The number of aryl methyl sites for hydroxylation is 1. The molecule has 86 heavy (non-hydrogen) atoms. The van der Waals surface area contributed by atoms with Crippen molar-refractivity contribution in [3.05, 3.63) is 209 Å². The van der Waals surface area contributed by atoms with Gasteiger partial charge in [0, 0.05) is 5.69 Å². The van der Waals surface area contributed by atoms with Gasteiger partial charge in [0.15, 0.2) is 140 Å². The molecule has 7 aromatic carbocycles. The molecular weight excluding hydrogens is 1260 g/mol. The van der Waals surface area contributed by atoms with Crippen molar-refractivity contribution < 1.29 is 140 Å². The third-order valence-electron chi connectivity index (χ3n) is 12.9. The van der Waals surface area contributed by atoms with Gasteiger partial charge in [-0.05, 0) is 49.1 Å². The Morgan fingerprint density at radius 1 is 0.337 bits per heavy atom. The summed E-state index contributed by atoms with van der Waals surface area (Å²) in [5.74, 6) is -83.9. The topological polar surface area (TPSA) is 6.48 Å². The molecule has 0 aliphatic heterocycles. The molecule has 34 heteroatoms. The van der Waals surface area contributed by atoms with E-state index in [2.05, 4.69) is 0 Å². The van der Waals surface area contributed by atoms with Crippen LogP contribution in [-0.2, 0) is 12.4 Å². The predicted molar refractivity (Wildman–Crippen MR) is 231 cm³/mol. The Morgan fingerprint density at radius 2 is 0.605 bits per heavy atom. The van der Waals surface area contributed by atoms with Crippen molar-refractivity contribution in [2.45, 2.75) is 38.7 Å². The maximum absolute atomic E-state index is 16.3. The highest BCUT2D eigenvalue weighted by molar-refractivity contribution is 5.86. The van der Waals surface area contributed by atoms with Crippen LogP contribution in [0.1, 0.15) is 35.6 Å². The number of alkyl halides is 6. The zero-order valence-corrected chi connectivity index (χ0v) is 40.7. The molecule has 0 fully saturated rings. The summed E-state index contributed by atoms with van der Waals surface area (Å²) in [7, 11) is 0. The SMILES string of the molecule is CC1=C(c2ccc(N(c3c(F)c(F)c(-c4c(F)c(F)c(F)c(F)c4F)c(F)c3F)c3c(F)c(F)c(C(F)(F)F)c(F)c3F)cc2C)C=CC(N(c2c(F)c(F)c(-c3c(F)c(F)c(F)c(F)c3F)c(F)c2F)c2c(F)c(F)c(C(F)(F)F)c(F)c2F)C1. The second-order valence-electron chi connectivity index (χ2n) is 17.8. The molecule has 1 unspecified atom stereocenters. The Kier molecular flexibility index (Phi) is 16.0. The minimum atomic E-state index is -6.39. The number of benzene rings is 7. The minimum absolute atomic E-state index is 0.217. The highest BCUT2D eigenvalue weighted by Gasteiger charge is 2.48. The number of hydrogen-bond acceptors (Lipinski definition) is 2. The first-order valence-corrected chi connectivity index (χ1v) is 22.4. The van der Waals surface area contributed by atoms with Crippen LogP contribution in [0.4, 0.5) is 169 Å². The van der Waals surface area contributed by atoms with Crippen molar-refractivity contribution in [3.63, 3.8) is 0 Å². The molecule has 0 bridgehead atoms. The van der Waals surface area contributed by atoms with Crippen LogP contribution >= 0.6 is 0 Å². The van der Waals surface area contributed by atoms with E-state index in [0.717, 1.165) is 13.8 Å². The maximum Gasteiger partial charge on any atom is 0.422 e. The van der Waals surface area contributed by atoms with E-state index < -0.39 is 270 Å².